The molecule has 2 aliphatic heterocycles. The van der Waals surface area contributed by atoms with E-state index in [0.717, 1.165) is 35.9 Å². The number of benzene rings is 1. The van der Waals surface area contributed by atoms with Gasteiger partial charge in [-0.3, -0.25) is 14.5 Å². The molecule has 0 radical (unpaired) electrons. The number of hydrogen-bond donors (Lipinski definition) is 1. The van der Waals surface area contributed by atoms with Crippen molar-refractivity contribution in [1.29, 1.82) is 0 Å². The van der Waals surface area contributed by atoms with Gasteiger partial charge in [0, 0.05) is 18.7 Å². The Morgan fingerprint density at radius 1 is 1.35 bits per heavy atom. The molecule has 0 spiro atoms. The van der Waals surface area contributed by atoms with Gasteiger partial charge in [-0.2, -0.15) is 0 Å². The Bertz CT molecular complexity index is 770. The summed E-state index contributed by atoms with van der Waals surface area (Å²) in [4.78, 5) is 39.9. The van der Waals surface area contributed by atoms with Crippen LogP contribution >= 0.6 is 0 Å². The van der Waals surface area contributed by atoms with Gasteiger partial charge in [-0.25, -0.2) is 13.6 Å². The molecule has 1 N–H and O–H groups in total. The summed E-state index contributed by atoms with van der Waals surface area (Å²) in [6.07, 6.45) is 1.91. The van der Waals surface area contributed by atoms with Gasteiger partial charge in [0.05, 0.1) is 0 Å². The highest BCUT2D eigenvalue weighted by Gasteiger charge is 2.51. The third-order valence-corrected chi connectivity index (χ3v) is 5.05. The van der Waals surface area contributed by atoms with Crippen LogP contribution in [0.1, 0.15) is 32.3 Å². The molecule has 0 unspecified atom stereocenters. The monoisotopic (exact) mass is 365 g/mol. The molecule has 2 heterocycles. The number of likely N-dealkylation sites (tertiary alicyclic amines) is 1. The van der Waals surface area contributed by atoms with Gasteiger partial charge >= 0.3 is 6.03 Å². The zero-order valence-corrected chi connectivity index (χ0v) is 14.7. The summed E-state index contributed by atoms with van der Waals surface area (Å²) in [6.45, 7) is 4.10. The summed E-state index contributed by atoms with van der Waals surface area (Å²) in [6, 6.07) is 1.92. The highest BCUT2D eigenvalue weighted by atomic mass is 19.1. The number of hydrogen-bond acceptors (Lipinski definition) is 3. The molecular weight excluding hydrogens is 344 g/mol. The number of imide groups is 1. The summed E-state index contributed by atoms with van der Waals surface area (Å²) in [5, 5.41) is 2.39. The Morgan fingerprint density at radius 2 is 2.08 bits per heavy atom. The number of piperidine rings is 1. The quantitative estimate of drug-likeness (QED) is 0.833. The number of amides is 4. The molecule has 0 aromatic heterocycles. The molecule has 2 aliphatic rings. The third kappa shape index (κ3) is 3.15. The number of carbonyl (C=O) groups excluding carboxylic acids is 3. The largest absolute Gasteiger partial charge is 0.341 e. The second-order valence-corrected chi connectivity index (χ2v) is 7.16. The van der Waals surface area contributed by atoms with Gasteiger partial charge in [0.1, 0.15) is 23.7 Å². The second kappa shape index (κ2) is 6.66. The average molecular weight is 365 g/mol. The van der Waals surface area contributed by atoms with E-state index < -0.39 is 35.7 Å². The molecule has 0 saturated carbocycles. The van der Waals surface area contributed by atoms with Gasteiger partial charge in [0.2, 0.25) is 5.91 Å². The van der Waals surface area contributed by atoms with E-state index >= 15 is 0 Å². The Labute approximate surface area is 150 Å². The van der Waals surface area contributed by atoms with Crippen molar-refractivity contribution in [3.63, 3.8) is 0 Å². The molecule has 2 fully saturated rings. The Hall–Kier alpha value is -2.51. The summed E-state index contributed by atoms with van der Waals surface area (Å²) in [7, 11) is 0. The van der Waals surface area contributed by atoms with Gasteiger partial charge in [-0.1, -0.05) is 6.92 Å². The molecule has 2 saturated heterocycles. The lowest BCUT2D eigenvalue weighted by atomic mass is 9.91. The molecular formula is C18H21F2N3O3. The van der Waals surface area contributed by atoms with Gasteiger partial charge in [0.15, 0.2) is 0 Å². The van der Waals surface area contributed by atoms with Crippen LogP contribution in [0, 0.1) is 17.6 Å². The van der Waals surface area contributed by atoms with E-state index in [1.807, 2.05) is 6.92 Å². The maximum atomic E-state index is 14.1. The van der Waals surface area contributed by atoms with Crippen molar-refractivity contribution in [2.75, 3.05) is 19.6 Å². The first-order valence-electron chi connectivity index (χ1n) is 8.60. The zero-order chi connectivity index (χ0) is 19.1. The van der Waals surface area contributed by atoms with Crippen LogP contribution in [-0.4, -0.2) is 47.3 Å². The molecule has 2 atom stereocenters. The molecule has 1 aromatic carbocycles. The Kier molecular flexibility index (Phi) is 4.68. The normalized spacial score (nSPS) is 26.2. The van der Waals surface area contributed by atoms with Gasteiger partial charge in [-0.05, 0) is 43.9 Å². The lowest BCUT2D eigenvalue weighted by Crippen LogP contribution is -2.47. The van der Waals surface area contributed by atoms with Crippen LogP contribution in [-0.2, 0) is 15.1 Å². The predicted octanol–water partition coefficient (Wildman–Crippen LogP) is 1.99. The maximum absolute atomic E-state index is 14.1. The lowest BCUT2D eigenvalue weighted by Gasteiger charge is -2.31. The van der Waals surface area contributed by atoms with E-state index in [4.69, 9.17) is 0 Å². The van der Waals surface area contributed by atoms with Gasteiger partial charge in [0.25, 0.3) is 5.91 Å². The molecule has 0 aliphatic carbocycles. The minimum Gasteiger partial charge on any atom is -0.341 e. The average Bonchev–Trinajstić information content (AvgIpc) is 2.81. The smallest absolute Gasteiger partial charge is 0.325 e. The molecule has 8 heteroatoms. The van der Waals surface area contributed by atoms with E-state index in [-0.39, 0.29) is 11.5 Å². The van der Waals surface area contributed by atoms with E-state index in [2.05, 4.69) is 5.32 Å². The van der Waals surface area contributed by atoms with Crippen molar-refractivity contribution < 1.29 is 23.2 Å². The minimum absolute atomic E-state index is 0.266. The topological polar surface area (TPSA) is 69.7 Å². The van der Waals surface area contributed by atoms with E-state index in [1.54, 1.807) is 4.90 Å². The van der Waals surface area contributed by atoms with Crippen LogP contribution < -0.4 is 5.32 Å². The molecule has 6 nitrogen and oxygen atoms in total. The van der Waals surface area contributed by atoms with E-state index in [9.17, 15) is 23.2 Å². The number of nitrogens with zero attached hydrogens (tertiary/aromatic N) is 2. The highest BCUT2D eigenvalue weighted by molar-refractivity contribution is 6.09. The molecule has 26 heavy (non-hydrogen) atoms. The number of urea groups is 1. The number of halogens is 2. The van der Waals surface area contributed by atoms with Crippen molar-refractivity contribution in [3.05, 3.63) is 35.4 Å². The standard InChI is InChI=1S/C18H21F2N3O3/c1-11-4-3-7-22(9-11)15(24)10-23-16(25)18(2,21-17(23)26)13-8-12(19)5-6-14(13)20/h5-6,8,11H,3-4,7,9-10H2,1-2H3,(H,21,26)/t11-,18+/m1/s1. The number of carbonyl (C=O) groups is 3. The lowest BCUT2D eigenvalue weighted by molar-refractivity contribution is -0.139. The number of nitrogens with one attached hydrogen (secondary N) is 1. The first kappa shape index (κ1) is 18.3. The molecule has 0 bridgehead atoms. The highest BCUT2D eigenvalue weighted by Crippen LogP contribution is 2.31. The van der Waals surface area contributed by atoms with Crippen LogP contribution in [0.2, 0.25) is 0 Å². The van der Waals surface area contributed by atoms with Crippen LogP contribution in [0.15, 0.2) is 18.2 Å². The zero-order valence-electron chi connectivity index (χ0n) is 14.7. The fourth-order valence-electron chi connectivity index (χ4n) is 3.55. The number of rotatable bonds is 3. The fourth-order valence-corrected chi connectivity index (χ4v) is 3.55. The minimum atomic E-state index is -1.75. The van der Waals surface area contributed by atoms with Crippen LogP contribution in [0.4, 0.5) is 13.6 Å². The van der Waals surface area contributed by atoms with Gasteiger partial charge < -0.3 is 10.2 Å². The van der Waals surface area contributed by atoms with Crippen LogP contribution in [0.3, 0.4) is 0 Å². The predicted molar refractivity (Wildman–Crippen MR) is 88.9 cm³/mol. The summed E-state index contributed by atoms with van der Waals surface area (Å²) in [5.41, 5.74) is -2.02. The first-order chi connectivity index (χ1) is 12.2. The van der Waals surface area contributed by atoms with Crippen LogP contribution in [0.25, 0.3) is 0 Å². The summed E-state index contributed by atoms with van der Waals surface area (Å²) in [5.74, 6) is -2.26. The summed E-state index contributed by atoms with van der Waals surface area (Å²) >= 11 is 0. The molecule has 3 rings (SSSR count). The van der Waals surface area contributed by atoms with Crippen LogP contribution in [0.5, 0.6) is 0 Å². The second-order valence-electron chi connectivity index (χ2n) is 7.16. The first-order valence-corrected chi connectivity index (χ1v) is 8.60. The maximum Gasteiger partial charge on any atom is 0.325 e. The molecule has 140 valence electrons. The van der Waals surface area contributed by atoms with Crippen molar-refractivity contribution >= 4 is 17.8 Å². The Balaban J connectivity index is 1.80. The van der Waals surface area contributed by atoms with Crippen molar-refractivity contribution in [3.8, 4) is 0 Å². The van der Waals surface area contributed by atoms with Crippen molar-refractivity contribution in [2.45, 2.75) is 32.2 Å². The SMILES string of the molecule is C[C@@H]1CCCN(C(=O)CN2C(=O)N[C@@](C)(c3cc(F)ccc3F)C2=O)C1. The van der Waals surface area contributed by atoms with E-state index in [1.165, 1.54) is 6.92 Å². The van der Waals surface area contributed by atoms with Crippen molar-refractivity contribution in [2.24, 2.45) is 5.92 Å². The summed E-state index contributed by atoms with van der Waals surface area (Å²) < 4.78 is 27.6. The fraction of sp³-hybridized carbons (Fsp3) is 0.500. The third-order valence-electron chi connectivity index (χ3n) is 5.05. The van der Waals surface area contributed by atoms with Gasteiger partial charge in [-0.15, -0.1) is 0 Å². The van der Waals surface area contributed by atoms with E-state index in [0.29, 0.717) is 19.0 Å². The Morgan fingerprint density at radius 3 is 2.77 bits per heavy atom. The molecule has 1 aromatic rings. The molecule has 4 amide bonds. The van der Waals surface area contributed by atoms with Crippen molar-refractivity contribution in [1.82, 2.24) is 15.1 Å².